The van der Waals surface area contributed by atoms with Gasteiger partial charge in [0.1, 0.15) is 12.2 Å². The number of carbonyl (C=O) groups is 2. The molecule has 39 heavy (non-hydrogen) atoms. The molecule has 3 aromatic heterocycles. The Hall–Kier alpha value is -4.48. The third-order valence-corrected chi connectivity index (χ3v) is 6.81. The lowest BCUT2D eigenvalue weighted by Crippen LogP contribution is -2.47. The Kier molecular flexibility index (Phi) is 7.44. The average molecular weight is 535 g/mol. The fraction of sp³-hybridized carbons (Fsp3) is 0.333. The van der Waals surface area contributed by atoms with E-state index in [4.69, 9.17) is 0 Å². The van der Waals surface area contributed by atoms with E-state index < -0.39 is 36.0 Å². The second-order valence-corrected chi connectivity index (χ2v) is 9.86. The zero-order chi connectivity index (χ0) is 27.5. The zero-order valence-corrected chi connectivity index (χ0v) is 21.4. The molecule has 0 bridgehead atoms. The molecule has 4 heterocycles. The summed E-state index contributed by atoms with van der Waals surface area (Å²) in [6, 6.07) is 10.6. The van der Waals surface area contributed by atoms with Crippen LogP contribution in [0.3, 0.4) is 0 Å². The molecule has 2 amide bonds. The van der Waals surface area contributed by atoms with Crippen molar-refractivity contribution in [3.05, 3.63) is 83.3 Å². The molecule has 0 unspecified atom stereocenters. The van der Waals surface area contributed by atoms with Gasteiger partial charge >= 0.3 is 0 Å². The van der Waals surface area contributed by atoms with Crippen molar-refractivity contribution >= 4 is 11.8 Å². The zero-order valence-electron chi connectivity index (χ0n) is 21.4. The lowest BCUT2D eigenvalue weighted by molar-refractivity contribution is -0.138. The summed E-state index contributed by atoms with van der Waals surface area (Å²) in [7, 11) is 0. The molecule has 1 aromatic carbocycles. The fourth-order valence-electron chi connectivity index (χ4n) is 4.80. The second-order valence-electron chi connectivity index (χ2n) is 9.86. The van der Waals surface area contributed by atoms with Crippen molar-refractivity contribution in [3.63, 3.8) is 0 Å². The van der Waals surface area contributed by atoms with Gasteiger partial charge in [0.15, 0.2) is 0 Å². The highest BCUT2D eigenvalue weighted by atomic mass is 19.1. The topological polar surface area (TPSA) is 133 Å². The van der Waals surface area contributed by atoms with Crippen LogP contribution >= 0.6 is 0 Å². The van der Waals surface area contributed by atoms with Crippen LogP contribution in [0.25, 0.3) is 11.3 Å². The van der Waals surface area contributed by atoms with Crippen LogP contribution in [-0.2, 0) is 16.0 Å². The first-order valence-electron chi connectivity index (χ1n) is 12.6. The van der Waals surface area contributed by atoms with Crippen LogP contribution in [0.2, 0.25) is 0 Å². The Morgan fingerprint density at radius 1 is 1.18 bits per heavy atom. The molecular formula is C27H28F2N8O2. The molecular weight excluding hydrogens is 506 g/mol. The van der Waals surface area contributed by atoms with Crippen molar-refractivity contribution in [1.82, 2.24) is 40.8 Å². The Labute approximate surface area is 223 Å². The van der Waals surface area contributed by atoms with Crippen LogP contribution < -0.4 is 5.32 Å². The van der Waals surface area contributed by atoms with Crippen LogP contribution in [0.1, 0.15) is 54.7 Å². The molecule has 5 rings (SSSR count). The van der Waals surface area contributed by atoms with Crippen molar-refractivity contribution in [2.75, 3.05) is 6.54 Å². The number of halogens is 2. The molecule has 3 N–H and O–H groups in total. The van der Waals surface area contributed by atoms with Gasteiger partial charge in [0.2, 0.25) is 17.8 Å². The van der Waals surface area contributed by atoms with Gasteiger partial charge in [-0.3, -0.25) is 19.8 Å². The van der Waals surface area contributed by atoms with E-state index in [2.05, 4.69) is 35.9 Å². The fourth-order valence-corrected chi connectivity index (χ4v) is 4.80. The van der Waals surface area contributed by atoms with Crippen LogP contribution in [0.4, 0.5) is 8.78 Å². The minimum atomic E-state index is -1.35. The van der Waals surface area contributed by atoms with Crippen molar-refractivity contribution in [2.45, 2.75) is 50.9 Å². The van der Waals surface area contributed by atoms with Gasteiger partial charge in [-0.1, -0.05) is 43.3 Å². The molecule has 0 saturated carbocycles. The van der Waals surface area contributed by atoms with Gasteiger partial charge in [-0.15, -0.1) is 5.10 Å². The quantitative estimate of drug-likeness (QED) is 0.297. The van der Waals surface area contributed by atoms with E-state index in [0.29, 0.717) is 16.8 Å². The summed E-state index contributed by atoms with van der Waals surface area (Å²) in [6.07, 6.45) is 1.43. The SMILES string of the molecule is CC(C)c1ccc([C@@H](NC(=O)[C@@H]2C[C@@H](F)CN2C(=O)Cc2cnn[nH]2)c2cccc(-c3ccn[nH]3)c2)nc1F. The van der Waals surface area contributed by atoms with Gasteiger partial charge in [0, 0.05) is 18.2 Å². The van der Waals surface area contributed by atoms with Crippen LogP contribution in [0.15, 0.2) is 54.9 Å². The summed E-state index contributed by atoms with van der Waals surface area (Å²) in [5.74, 6) is -1.68. The number of nitrogens with one attached hydrogen (secondary N) is 3. The van der Waals surface area contributed by atoms with Crippen molar-refractivity contribution in [2.24, 2.45) is 0 Å². The number of aromatic amines is 2. The number of nitrogens with zero attached hydrogens (tertiary/aromatic N) is 5. The molecule has 3 atom stereocenters. The Morgan fingerprint density at radius 2 is 2.03 bits per heavy atom. The lowest BCUT2D eigenvalue weighted by atomic mass is 9.97. The van der Waals surface area contributed by atoms with Gasteiger partial charge < -0.3 is 10.2 Å². The second kappa shape index (κ2) is 11.1. The first-order chi connectivity index (χ1) is 18.8. The van der Waals surface area contributed by atoms with E-state index in [1.165, 1.54) is 11.1 Å². The number of likely N-dealkylation sites (tertiary alicyclic amines) is 1. The highest BCUT2D eigenvalue weighted by Gasteiger charge is 2.40. The molecule has 1 fully saturated rings. The Morgan fingerprint density at radius 3 is 2.72 bits per heavy atom. The molecule has 12 heteroatoms. The summed E-state index contributed by atoms with van der Waals surface area (Å²) in [4.78, 5) is 32.0. The first-order valence-corrected chi connectivity index (χ1v) is 12.6. The number of hydrogen-bond acceptors (Lipinski definition) is 6. The van der Waals surface area contributed by atoms with Crippen LogP contribution in [0, 0.1) is 5.95 Å². The number of pyridine rings is 1. The predicted molar refractivity (Wildman–Crippen MR) is 137 cm³/mol. The molecule has 202 valence electrons. The third kappa shape index (κ3) is 5.69. The standard InChI is InChI=1S/C27H28F2N8O2/c1-15(2)20-6-7-22(32-26(20)29)25(17-5-3-4-16(10-17)21-8-9-30-35-21)33-27(39)23-11-18(28)14-37(23)24(38)12-19-13-31-36-34-19/h3-10,13,15,18,23,25H,11-12,14H2,1-2H3,(H,30,35)(H,33,39)(H,31,34,36)/t18-,23+,25+/m1/s1. The van der Waals surface area contributed by atoms with Crippen molar-refractivity contribution in [3.8, 4) is 11.3 Å². The number of benzene rings is 1. The lowest BCUT2D eigenvalue weighted by Gasteiger charge is -2.27. The van der Waals surface area contributed by atoms with Crippen molar-refractivity contribution in [1.29, 1.82) is 0 Å². The van der Waals surface area contributed by atoms with E-state index >= 15 is 0 Å². The van der Waals surface area contributed by atoms with E-state index in [0.717, 1.165) is 11.3 Å². The van der Waals surface area contributed by atoms with E-state index in [1.807, 2.05) is 32.0 Å². The number of rotatable bonds is 8. The summed E-state index contributed by atoms with van der Waals surface area (Å²) in [5, 5.41) is 19.7. The van der Waals surface area contributed by atoms with E-state index in [1.54, 1.807) is 30.5 Å². The minimum Gasteiger partial charge on any atom is -0.342 e. The normalized spacial score (nSPS) is 17.9. The molecule has 4 aromatic rings. The maximum absolute atomic E-state index is 15.0. The predicted octanol–water partition coefficient (Wildman–Crippen LogP) is 3.24. The Bertz CT molecular complexity index is 1440. The monoisotopic (exact) mass is 534 g/mol. The number of carbonyl (C=O) groups excluding carboxylic acids is 2. The molecule has 10 nitrogen and oxygen atoms in total. The molecule has 1 saturated heterocycles. The van der Waals surface area contributed by atoms with Gasteiger partial charge in [-0.05, 0) is 35.2 Å². The van der Waals surface area contributed by atoms with Gasteiger partial charge in [-0.2, -0.15) is 9.49 Å². The van der Waals surface area contributed by atoms with Crippen LogP contribution in [-0.4, -0.2) is 66.1 Å². The molecule has 0 radical (unpaired) electrons. The highest BCUT2D eigenvalue weighted by Crippen LogP contribution is 2.29. The van der Waals surface area contributed by atoms with Crippen molar-refractivity contribution < 1.29 is 18.4 Å². The highest BCUT2D eigenvalue weighted by molar-refractivity contribution is 5.89. The van der Waals surface area contributed by atoms with Gasteiger partial charge in [-0.25, -0.2) is 9.37 Å². The summed E-state index contributed by atoms with van der Waals surface area (Å²) < 4.78 is 29.5. The maximum Gasteiger partial charge on any atom is 0.243 e. The molecule has 1 aliphatic heterocycles. The van der Waals surface area contributed by atoms with Gasteiger partial charge in [0.25, 0.3) is 0 Å². The van der Waals surface area contributed by atoms with Crippen LogP contribution in [0.5, 0.6) is 0 Å². The van der Waals surface area contributed by atoms with E-state index in [9.17, 15) is 18.4 Å². The number of amides is 2. The molecule has 0 aliphatic carbocycles. The largest absolute Gasteiger partial charge is 0.342 e. The number of H-pyrrole nitrogens is 2. The third-order valence-electron chi connectivity index (χ3n) is 6.81. The molecule has 0 spiro atoms. The summed E-state index contributed by atoms with van der Waals surface area (Å²) >= 11 is 0. The van der Waals surface area contributed by atoms with Gasteiger partial charge in [0.05, 0.1) is 42.3 Å². The number of aromatic nitrogens is 6. The summed E-state index contributed by atoms with van der Waals surface area (Å²) in [6.45, 7) is 3.53. The Balaban J connectivity index is 1.46. The maximum atomic E-state index is 15.0. The average Bonchev–Trinajstić information content (AvgIpc) is 3.69. The smallest absolute Gasteiger partial charge is 0.243 e. The molecule has 1 aliphatic rings. The number of alkyl halides is 1. The minimum absolute atomic E-state index is 0.0760. The summed E-state index contributed by atoms with van der Waals surface area (Å²) in [5.41, 5.74) is 3.39. The number of hydrogen-bond donors (Lipinski definition) is 3. The first kappa shape index (κ1) is 26.1. The van der Waals surface area contributed by atoms with E-state index in [-0.39, 0.29) is 31.0 Å².